The van der Waals surface area contributed by atoms with Gasteiger partial charge in [-0.25, -0.2) is 28.7 Å². The lowest BCUT2D eigenvalue weighted by Gasteiger charge is -2.03. The molecule has 0 saturated carbocycles. The maximum Gasteiger partial charge on any atom is 0.348 e. The van der Waals surface area contributed by atoms with E-state index in [4.69, 9.17) is 28.8 Å². The highest BCUT2D eigenvalue weighted by Crippen LogP contribution is 2.30. The third-order valence-corrected chi connectivity index (χ3v) is 4.37. The van der Waals surface area contributed by atoms with Crippen molar-refractivity contribution in [2.24, 2.45) is 0 Å². The molecule has 0 fully saturated rings. The Balaban J connectivity index is 0.000000189. The Morgan fingerprint density at radius 3 is 1.73 bits per heavy atom. The van der Waals surface area contributed by atoms with Crippen molar-refractivity contribution in [2.75, 3.05) is 17.2 Å². The monoisotopic (exact) mass is 472 g/mol. The number of rotatable bonds is 3. The second-order valence-corrected chi connectivity index (χ2v) is 6.73. The maximum absolute atomic E-state index is 12.8. The number of anilines is 3. The molecule has 0 aliphatic heterocycles. The summed E-state index contributed by atoms with van der Waals surface area (Å²) in [4.78, 5) is 25.4. The smallest absolute Gasteiger partial charge is 0.348 e. The highest BCUT2D eigenvalue weighted by Gasteiger charge is 2.21. The molecule has 0 atom stereocenters. The molecule has 4 rings (SSSR count). The Hall–Kier alpha value is -4.45. The molecule has 0 aliphatic rings. The van der Waals surface area contributed by atoms with Crippen LogP contribution in [0.3, 0.4) is 0 Å². The van der Waals surface area contributed by atoms with E-state index in [2.05, 4.69) is 19.9 Å². The molecule has 0 spiro atoms. The van der Waals surface area contributed by atoms with Crippen LogP contribution in [0, 0.1) is 21.7 Å². The number of nitrogens with zero attached hydrogens (tertiary/aromatic N) is 5. The van der Waals surface area contributed by atoms with Gasteiger partial charge in [-0.15, -0.1) is 0 Å². The average molecular weight is 473 g/mol. The van der Waals surface area contributed by atoms with Crippen molar-refractivity contribution in [3.05, 3.63) is 81.6 Å². The third kappa shape index (κ3) is 5.62. The summed E-state index contributed by atoms with van der Waals surface area (Å²) in [6.45, 7) is 0. The van der Waals surface area contributed by atoms with Crippen LogP contribution in [-0.4, -0.2) is 24.9 Å². The number of halogens is 3. The molecule has 2 aromatic heterocycles. The van der Waals surface area contributed by atoms with E-state index in [9.17, 15) is 18.9 Å². The summed E-state index contributed by atoms with van der Waals surface area (Å²) in [7, 11) is 0. The van der Waals surface area contributed by atoms with Crippen molar-refractivity contribution in [1.82, 2.24) is 19.9 Å². The van der Waals surface area contributed by atoms with Gasteiger partial charge in [0.05, 0.1) is 16.8 Å². The molecule has 0 amide bonds. The van der Waals surface area contributed by atoms with Gasteiger partial charge in [-0.2, -0.15) is 0 Å². The standard InChI is InChI=1S/C10H6ClFN4O2.C10H9FN4/c11-8-7(16(17)18)9(13)15-10(14-8)5-1-3-6(12)4-2-5;11-7-3-1-6(2-4-7)10-14-5-8(12)9(13)15-10/h1-4H,(H2,13,14,15);1-5H,12H2,(H2,13,14,15). The maximum atomic E-state index is 12.8. The Labute approximate surface area is 190 Å². The molecule has 168 valence electrons. The van der Waals surface area contributed by atoms with Crippen LogP contribution < -0.4 is 17.2 Å². The number of benzene rings is 2. The van der Waals surface area contributed by atoms with Crippen LogP contribution in [0.15, 0.2) is 54.7 Å². The quantitative estimate of drug-likeness (QED) is 0.227. The Bertz CT molecular complexity index is 1280. The number of aromatic nitrogens is 4. The van der Waals surface area contributed by atoms with E-state index < -0.39 is 16.4 Å². The molecule has 0 saturated heterocycles. The first-order chi connectivity index (χ1) is 15.7. The first-order valence-electron chi connectivity index (χ1n) is 9.03. The average Bonchev–Trinajstić information content (AvgIpc) is 2.76. The lowest BCUT2D eigenvalue weighted by Crippen LogP contribution is -2.03. The summed E-state index contributed by atoms with van der Waals surface area (Å²) in [5.41, 5.74) is 17.4. The fourth-order valence-electron chi connectivity index (χ4n) is 2.48. The molecule has 2 heterocycles. The van der Waals surface area contributed by atoms with Gasteiger partial charge in [-0.1, -0.05) is 11.6 Å². The first kappa shape index (κ1) is 23.2. The summed E-state index contributed by atoms with van der Waals surface area (Å²) in [5.74, 6) is -0.296. The van der Waals surface area contributed by atoms with E-state index in [1.807, 2.05) is 0 Å². The number of nitrogens with two attached hydrogens (primary N) is 3. The number of nitrogen functional groups attached to an aromatic ring is 3. The van der Waals surface area contributed by atoms with Crippen LogP contribution in [0.2, 0.25) is 5.15 Å². The van der Waals surface area contributed by atoms with E-state index in [0.717, 1.165) is 0 Å². The molecule has 0 aliphatic carbocycles. The Kier molecular flexibility index (Phi) is 6.88. The van der Waals surface area contributed by atoms with E-state index in [0.29, 0.717) is 22.6 Å². The second kappa shape index (κ2) is 9.78. The summed E-state index contributed by atoms with van der Waals surface area (Å²) in [6.07, 6.45) is 1.43. The summed E-state index contributed by atoms with van der Waals surface area (Å²) >= 11 is 5.66. The van der Waals surface area contributed by atoms with Crippen LogP contribution in [0.25, 0.3) is 22.8 Å². The minimum atomic E-state index is -0.758. The van der Waals surface area contributed by atoms with Crippen molar-refractivity contribution < 1.29 is 13.7 Å². The highest BCUT2D eigenvalue weighted by molar-refractivity contribution is 6.32. The van der Waals surface area contributed by atoms with E-state index in [-0.39, 0.29) is 28.4 Å². The fourth-order valence-corrected chi connectivity index (χ4v) is 2.73. The Morgan fingerprint density at radius 1 is 0.788 bits per heavy atom. The minimum absolute atomic E-state index is 0.100. The fraction of sp³-hybridized carbons (Fsp3) is 0. The minimum Gasteiger partial charge on any atom is -0.394 e. The highest BCUT2D eigenvalue weighted by atomic mass is 35.5. The van der Waals surface area contributed by atoms with Gasteiger partial charge in [-0.05, 0) is 48.5 Å². The lowest BCUT2D eigenvalue weighted by molar-refractivity contribution is -0.384. The zero-order valence-electron chi connectivity index (χ0n) is 16.6. The van der Waals surface area contributed by atoms with Gasteiger partial charge in [0.2, 0.25) is 11.0 Å². The molecule has 0 radical (unpaired) electrons. The molecule has 13 heteroatoms. The van der Waals surface area contributed by atoms with Gasteiger partial charge in [0, 0.05) is 11.1 Å². The molecular formula is C20H15ClF2N8O2. The van der Waals surface area contributed by atoms with Crippen LogP contribution in [0.5, 0.6) is 0 Å². The normalized spacial score (nSPS) is 10.3. The van der Waals surface area contributed by atoms with Crippen LogP contribution >= 0.6 is 11.6 Å². The Morgan fingerprint density at radius 2 is 1.27 bits per heavy atom. The molecule has 2 aromatic carbocycles. The van der Waals surface area contributed by atoms with Gasteiger partial charge in [0.1, 0.15) is 11.6 Å². The van der Waals surface area contributed by atoms with Gasteiger partial charge in [-0.3, -0.25) is 10.1 Å². The van der Waals surface area contributed by atoms with E-state index in [1.165, 1.54) is 42.6 Å². The van der Waals surface area contributed by atoms with Gasteiger partial charge in [0.25, 0.3) is 0 Å². The zero-order valence-corrected chi connectivity index (χ0v) is 17.4. The molecule has 4 aromatic rings. The molecule has 33 heavy (non-hydrogen) atoms. The van der Waals surface area contributed by atoms with Gasteiger partial charge >= 0.3 is 5.69 Å². The van der Waals surface area contributed by atoms with Crippen LogP contribution in [-0.2, 0) is 0 Å². The largest absolute Gasteiger partial charge is 0.394 e. The number of hydrogen-bond acceptors (Lipinski definition) is 9. The van der Waals surface area contributed by atoms with Crippen molar-refractivity contribution in [2.45, 2.75) is 0 Å². The summed E-state index contributed by atoms with van der Waals surface area (Å²) in [5, 5.41) is 10.3. The van der Waals surface area contributed by atoms with Crippen molar-refractivity contribution in [3.63, 3.8) is 0 Å². The second-order valence-electron chi connectivity index (χ2n) is 6.38. The summed E-state index contributed by atoms with van der Waals surface area (Å²) < 4.78 is 25.4. The summed E-state index contributed by atoms with van der Waals surface area (Å²) in [6, 6.07) is 11.1. The van der Waals surface area contributed by atoms with Crippen LogP contribution in [0.4, 0.5) is 31.8 Å². The molecule has 0 unspecified atom stereocenters. The topological polar surface area (TPSA) is 173 Å². The lowest BCUT2D eigenvalue weighted by atomic mass is 10.2. The van der Waals surface area contributed by atoms with Crippen molar-refractivity contribution in [3.8, 4) is 22.8 Å². The molecule has 10 nitrogen and oxygen atoms in total. The third-order valence-electron chi connectivity index (χ3n) is 4.10. The van der Waals surface area contributed by atoms with Crippen molar-refractivity contribution in [1.29, 1.82) is 0 Å². The van der Waals surface area contributed by atoms with Crippen LogP contribution in [0.1, 0.15) is 0 Å². The molecular weight excluding hydrogens is 458 g/mol. The predicted molar refractivity (Wildman–Crippen MR) is 120 cm³/mol. The van der Waals surface area contributed by atoms with E-state index in [1.54, 1.807) is 12.1 Å². The zero-order chi connectivity index (χ0) is 24.1. The first-order valence-corrected chi connectivity index (χ1v) is 9.40. The van der Waals surface area contributed by atoms with E-state index >= 15 is 0 Å². The predicted octanol–water partition coefficient (Wildman–Crippen LogP) is 3.87. The SMILES string of the molecule is Nc1cnc(-c2ccc(F)cc2)nc1N.Nc1nc(-c2ccc(F)cc2)nc(Cl)c1[N+](=O)[O-]. The van der Waals surface area contributed by atoms with Crippen molar-refractivity contribution >= 4 is 34.6 Å². The molecule has 0 bridgehead atoms. The number of nitro groups is 1. The van der Waals surface area contributed by atoms with Gasteiger partial charge in [0.15, 0.2) is 17.5 Å². The number of hydrogen-bond donors (Lipinski definition) is 3. The molecule has 6 N–H and O–H groups in total. The van der Waals surface area contributed by atoms with Gasteiger partial charge < -0.3 is 17.2 Å².